The summed E-state index contributed by atoms with van der Waals surface area (Å²) in [5, 5.41) is 19.9. The normalized spacial score (nSPS) is 19.2. The number of likely N-dealkylation sites (tertiary alicyclic amines) is 1. The maximum atomic E-state index is 13.6. The van der Waals surface area contributed by atoms with Gasteiger partial charge in [-0.2, -0.15) is 4.72 Å². The largest absolute Gasteiger partial charge is 0.480 e. The second kappa shape index (κ2) is 12.1. The molecule has 1 saturated heterocycles. The highest BCUT2D eigenvalue weighted by molar-refractivity contribution is 7.89. The van der Waals surface area contributed by atoms with E-state index in [4.69, 9.17) is 5.73 Å². The van der Waals surface area contributed by atoms with Gasteiger partial charge in [-0.05, 0) is 56.2 Å². The topological polar surface area (TPSA) is 210 Å². The number of rotatable bonds is 10. The Balaban J connectivity index is 1.89. The number of piperidine rings is 1. The van der Waals surface area contributed by atoms with Crippen LogP contribution < -0.4 is 15.9 Å². The molecular formula is C23H31N7O7S. The third kappa shape index (κ3) is 7.13. The number of aromatic nitrogens is 1. The fourth-order valence-electron chi connectivity index (χ4n) is 4.41. The molecule has 0 radical (unpaired) electrons. The first-order chi connectivity index (χ1) is 17.9. The quantitative estimate of drug-likeness (QED) is 0.107. The van der Waals surface area contributed by atoms with Crippen LogP contribution in [0.15, 0.2) is 40.4 Å². The summed E-state index contributed by atoms with van der Waals surface area (Å²) in [5.41, 5.74) is 8.19. The predicted octanol–water partition coefficient (Wildman–Crippen LogP) is 0.778. The Morgan fingerprint density at radius 1 is 1.39 bits per heavy atom. The van der Waals surface area contributed by atoms with Crippen LogP contribution in [0.25, 0.3) is 10.9 Å². The number of hydrazine groups is 1. The van der Waals surface area contributed by atoms with E-state index in [0.717, 1.165) is 5.56 Å². The van der Waals surface area contributed by atoms with Gasteiger partial charge in [0.05, 0.1) is 5.52 Å². The number of benzene rings is 1. The molecule has 5 N–H and O–H groups in total. The highest BCUT2D eigenvalue weighted by Gasteiger charge is 2.39. The van der Waals surface area contributed by atoms with Gasteiger partial charge in [-0.3, -0.25) is 9.78 Å². The maximum absolute atomic E-state index is 13.6. The first kappa shape index (κ1) is 28.7. The number of para-hydroxylation sites is 1. The molecule has 0 aliphatic carbocycles. The number of sulfonamides is 1. The number of nitrogens with two attached hydrogens (primary N) is 1. The average Bonchev–Trinajstić information content (AvgIpc) is 2.84. The van der Waals surface area contributed by atoms with Crippen LogP contribution in [0.2, 0.25) is 0 Å². The van der Waals surface area contributed by atoms with E-state index >= 15 is 0 Å². The first-order valence-electron chi connectivity index (χ1n) is 12.0. The summed E-state index contributed by atoms with van der Waals surface area (Å²) < 4.78 is 29.4. The number of hydrogen-bond donors (Lipinski definition) is 4. The van der Waals surface area contributed by atoms with Crippen LogP contribution in [0, 0.1) is 23.0 Å². The number of carbonyl (C=O) groups is 2. The van der Waals surface area contributed by atoms with Gasteiger partial charge in [-0.25, -0.2) is 28.3 Å². The molecule has 1 aromatic heterocycles. The molecule has 1 aliphatic heterocycles. The summed E-state index contributed by atoms with van der Waals surface area (Å²) in [7, 11) is -4.27. The van der Waals surface area contributed by atoms with Crippen molar-refractivity contribution in [2.24, 2.45) is 16.6 Å². The zero-order chi connectivity index (χ0) is 28.0. The van der Waals surface area contributed by atoms with E-state index in [1.54, 1.807) is 23.6 Å². The third-order valence-corrected chi connectivity index (χ3v) is 7.77. The van der Waals surface area contributed by atoms with E-state index in [0.29, 0.717) is 11.8 Å². The number of nitrogens with one attached hydrogen (secondary N) is 2. The molecule has 1 aliphatic rings. The number of aryl methyl sites for hydroxylation is 1. The van der Waals surface area contributed by atoms with Crippen LogP contribution in [-0.4, -0.2) is 71.4 Å². The monoisotopic (exact) mass is 549 g/mol. The number of nitrogens with zero attached hydrogens (tertiary/aromatic N) is 4. The Bertz CT molecular complexity index is 1350. The summed E-state index contributed by atoms with van der Waals surface area (Å²) in [6, 6.07) is 4.07. The minimum absolute atomic E-state index is 0.0350. The summed E-state index contributed by atoms with van der Waals surface area (Å²) in [4.78, 5) is 45.1. The molecule has 0 spiro atoms. The average molecular weight is 550 g/mol. The maximum Gasteiger partial charge on any atom is 0.326 e. The van der Waals surface area contributed by atoms with Crippen molar-refractivity contribution in [2.75, 3.05) is 13.1 Å². The van der Waals surface area contributed by atoms with E-state index in [9.17, 15) is 33.2 Å². The molecule has 38 heavy (non-hydrogen) atoms. The molecule has 14 nitrogen and oxygen atoms in total. The standard InChI is InChI=1S/C23H31N7O7S/c1-14-8-10-29(18(12-14)22(32)33)21(31)17(6-4-9-25-23(24)27-30(34)35)28-38(36,37)19-7-3-5-16-11-15(2)13-26-20(16)19/h3,5,7,11,13-14,17-18,28H,4,6,8-10,12H2,1-2H3,(H,32,33)(H3,24,25,27)/t14-,17+,18-/m0/s1. The lowest BCUT2D eigenvalue weighted by atomic mass is 9.91. The summed E-state index contributed by atoms with van der Waals surface area (Å²) in [6.07, 6.45) is 2.45. The number of nitro groups is 1. The van der Waals surface area contributed by atoms with Crippen LogP contribution in [0.4, 0.5) is 0 Å². The molecule has 2 heterocycles. The van der Waals surface area contributed by atoms with E-state index < -0.39 is 45.0 Å². The number of fused-ring (bicyclic) bond motifs is 1. The molecule has 0 bridgehead atoms. The number of amides is 1. The van der Waals surface area contributed by atoms with Crippen LogP contribution in [-0.2, 0) is 19.6 Å². The van der Waals surface area contributed by atoms with Crippen molar-refractivity contribution in [2.45, 2.75) is 56.5 Å². The molecule has 3 rings (SSSR count). The van der Waals surface area contributed by atoms with Gasteiger partial charge in [-0.15, -0.1) is 0 Å². The molecule has 1 aromatic carbocycles. The molecule has 206 valence electrons. The number of aliphatic imine (C=N–C) groups is 1. The molecular weight excluding hydrogens is 518 g/mol. The van der Waals surface area contributed by atoms with Crippen LogP contribution in [0.5, 0.6) is 0 Å². The number of carboxylic acid groups (broad SMARTS) is 1. The molecule has 1 fully saturated rings. The Hall–Kier alpha value is -3.85. The zero-order valence-electron chi connectivity index (χ0n) is 21.0. The number of aliphatic carboxylic acids is 1. The van der Waals surface area contributed by atoms with Gasteiger partial charge in [-0.1, -0.05) is 24.5 Å². The SMILES string of the molecule is Cc1cnc2c(S(=O)(=O)N[C@H](CCCN=C(N)N[N+](=O)[O-])C(=O)N3CC[C@H](C)C[C@H]3C(=O)O)cccc2c1. The second-order valence-corrected chi connectivity index (χ2v) is 11.0. The van der Waals surface area contributed by atoms with Gasteiger partial charge in [0, 0.05) is 24.7 Å². The van der Waals surface area contributed by atoms with E-state index in [-0.39, 0.29) is 48.7 Å². The van der Waals surface area contributed by atoms with E-state index in [1.165, 1.54) is 17.2 Å². The highest BCUT2D eigenvalue weighted by atomic mass is 32.2. The van der Waals surface area contributed by atoms with Crippen molar-refractivity contribution < 1.29 is 28.1 Å². The van der Waals surface area contributed by atoms with Gasteiger partial charge in [0.25, 0.3) is 5.96 Å². The molecule has 2 aromatic rings. The second-order valence-electron chi connectivity index (χ2n) is 9.31. The zero-order valence-corrected chi connectivity index (χ0v) is 21.8. The van der Waals surface area contributed by atoms with Gasteiger partial charge in [0.1, 0.15) is 17.0 Å². The summed E-state index contributed by atoms with van der Waals surface area (Å²) in [5.74, 6) is -2.18. The minimum Gasteiger partial charge on any atom is -0.480 e. The lowest BCUT2D eigenvalue weighted by Gasteiger charge is -2.38. The molecule has 3 atom stereocenters. The lowest BCUT2D eigenvalue weighted by molar-refractivity contribution is -0.525. The van der Waals surface area contributed by atoms with Gasteiger partial charge >= 0.3 is 5.97 Å². The van der Waals surface area contributed by atoms with Crippen molar-refractivity contribution in [1.29, 1.82) is 0 Å². The minimum atomic E-state index is -4.27. The Morgan fingerprint density at radius 2 is 2.13 bits per heavy atom. The first-order valence-corrected chi connectivity index (χ1v) is 13.5. The van der Waals surface area contributed by atoms with Gasteiger partial charge < -0.3 is 15.7 Å². The number of hydrogen-bond acceptors (Lipinski definition) is 8. The fourth-order valence-corrected chi connectivity index (χ4v) is 5.81. The molecule has 15 heteroatoms. The van der Waals surface area contributed by atoms with Crippen molar-refractivity contribution in [3.63, 3.8) is 0 Å². The van der Waals surface area contributed by atoms with Crippen LogP contribution >= 0.6 is 0 Å². The van der Waals surface area contributed by atoms with E-state index in [1.807, 2.05) is 13.8 Å². The number of guanidine groups is 1. The third-order valence-electron chi connectivity index (χ3n) is 6.27. The number of pyridine rings is 1. The van der Waals surface area contributed by atoms with Crippen molar-refractivity contribution in [1.82, 2.24) is 20.0 Å². The van der Waals surface area contributed by atoms with Crippen LogP contribution in [0.1, 0.15) is 38.2 Å². The predicted molar refractivity (Wildman–Crippen MR) is 138 cm³/mol. The summed E-state index contributed by atoms with van der Waals surface area (Å²) >= 11 is 0. The fraction of sp³-hybridized carbons (Fsp3) is 0.478. The van der Waals surface area contributed by atoms with Crippen molar-refractivity contribution >= 4 is 38.8 Å². The van der Waals surface area contributed by atoms with Gasteiger partial charge in [0.15, 0.2) is 5.03 Å². The number of carboxylic acids is 1. The lowest BCUT2D eigenvalue weighted by Crippen LogP contribution is -2.56. The summed E-state index contributed by atoms with van der Waals surface area (Å²) in [6.45, 7) is 3.86. The van der Waals surface area contributed by atoms with E-state index in [2.05, 4.69) is 14.7 Å². The van der Waals surface area contributed by atoms with Crippen LogP contribution in [0.3, 0.4) is 0 Å². The molecule has 0 unspecified atom stereocenters. The smallest absolute Gasteiger partial charge is 0.326 e. The Kier molecular flexibility index (Phi) is 9.17. The molecule has 1 amide bonds. The van der Waals surface area contributed by atoms with Crippen molar-refractivity contribution in [3.8, 4) is 0 Å². The van der Waals surface area contributed by atoms with Crippen molar-refractivity contribution in [3.05, 3.63) is 46.1 Å². The highest BCUT2D eigenvalue weighted by Crippen LogP contribution is 2.26. The Morgan fingerprint density at radius 3 is 2.82 bits per heavy atom. The molecule has 0 saturated carbocycles. The van der Waals surface area contributed by atoms with Gasteiger partial charge in [0.2, 0.25) is 15.9 Å². The number of carbonyl (C=O) groups excluding carboxylic acids is 1. The Labute approximate surface area is 219 Å².